The number of anilines is 2. The highest BCUT2D eigenvalue weighted by Crippen LogP contribution is 2.27. The zero-order chi connectivity index (χ0) is 15.2. The fourth-order valence-electron chi connectivity index (χ4n) is 2.10. The van der Waals surface area contributed by atoms with Crippen LogP contribution in [0.2, 0.25) is 0 Å². The van der Waals surface area contributed by atoms with E-state index < -0.39 is 12.2 Å². The quantitative estimate of drug-likeness (QED) is 0.615. The first-order chi connectivity index (χ1) is 10.1. The Morgan fingerprint density at radius 3 is 1.52 bits per heavy atom. The minimum absolute atomic E-state index is 0.470. The van der Waals surface area contributed by atoms with Gasteiger partial charge in [-0.3, -0.25) is 0 Å². The molecular formula is C16H20N2O2S. The number of aliphatic hydroxyl groups is 2. The van der Waals surface area contributed by atoms with E-state index in [1.807, 2.05) is 36.4 Å². The number of nitrogen functional groups attached to an aromatic ring is 2. The van der Waals surface area contributed by atoms with Gasteiger partial charge in [0.05, 0.1) is 12.2 Å². The normalized spacial score (nSPS) is 13.8. The number of thioether (sulfide) groups is 1. The standard InChI is InChI=1S/C16H20N2O2S/c17-13-7-3-1-5-11(13)15(19)9-21-10-16(20)12-6-2-4-8-14(12)18/h1-8,15-16,19-20H,9-10,17-18H2. The van der Waals surface area contributed by atoms with Crippen LogP contribution < -0.4 is 11.5 Å². The lowest BCUT2D eigenvalue weighted by molar-refractivity contribution is 0.199. The Balaban J connectivity index is 1.87. The van der Waals surface area contributed by atoms with E-state index in [0.29, 0.717) is 22.9 Å². The highest BCUT2D eigenvalue weighted by molar-refractivity contribution is 7.99. The van der Waals surface area contributed by atoms with Crippen molar-refractivity contribution in [1.82, 2.24) is 0 Å². The Morgan fingerprint density at radius 2 is 1.14 bits per heavy atom. The SMILES string of the molecule is Nc1ccccc1C(O)CSCC(O)c1ccccc1N. The summed E-state index contributed by atoms with van der Waals surface area (Å²) in [6.07, 6.45) is -1.28. The first-order valence-corrected chi connectivity index (χ1v) is 7.87. The molecule has 0 amide bonds. The molecule has 0 aliphatic rings. The van der Waals surface area contributed by atoms with Gasteiger partial charge in [0.25, 0.3) is 0 Å². The molecule has 0 heterocycles. The van der Waals surface area contributed by atoms with E-state index in [-0.39, 0.29) is 0 Å². The van der Waals surface area contributed by atoms with Crippen LogP contribution in [0.4, 0.5) is 11.4 Å². The third-order valence-electron chi connectivity index (χ3n) is 3.26. The van der Waals surface area contributed by atoms with Crippen LogP contribution in [0.3, 0.4) is 0 Å². The average molecular weight is 304 g/mol. The molecule has 0 radical (unpaired) electrons. The van der Waals surface area contributed by atoms with Gasteiger partial charge in [0, 0.05) is 34.0 Å². The second-order valence-corrected chi connectivity index (χ2v) is 5.90. The van der Waals surface area contributed by atoms with Crippen LogP contribution in [0.15, 0.2) is 48.5 Å². The largest absolute Gasteiger partial charge is 0.398 e. The van der Waals surface area contributed by atoms with E-state index in [9.17, 15) is 10.2 Å². The maximum absolute atomic E-state index is 10.1. The van der Waals surface area contributed by atoms with Crippen molar-refractivity contribution in [3.63, 3.8) is 0 Å². The van der Waals surface area contributed by atoms with Crippen molar-refractivity contribution in [3.8, 4) is 0 Å². The van der Waals surface area contributed by atoms with Crippen molar-refractivity contribution in [2.75, 3.05) is 23.0 Å². The molecule has 0 bridgehead atoms. The Bertz CT molecular complexity index is 540. The summed E-state index contributed by atoms with van der Waals surface area (Å²) in [6.45, 7) is 0. The second kappa shape index (κ2) is 7.36. The third kappa shape index (κ3) is 4.14. The highest BCUT2D eigenvalue weighted by Gasteiger charge is 2.14. The Hall–Kier alpha value is -1.69. The summed E-state index contributed by atoms with van der Waals surface area (Å²) in [6, 6.07) is 14.5. The zero-order valence-electron chi connectivity index (χ0n) is 11.6. The first kappa shape index (κ1) is 15.7. The van der Waals surface area contributed by atoms with Crippen molar-refractivity contribution in [2.24, 2.45) is 0 Å². The van der Waals surface area contributed by atoms with Gasteiger partial charge in [0.1, 0.15) is 0 Å². The highest BCUT2D eigenvalue weighted by atomic mass is 32.2. The fourth-order valence-corrected chi connectivity index (χ4v) is 3.04. The average Bonchev–Trinajstić information content (AvgIpc) is 2.48. The van der Waals surface area contributed by atoms with Crippen molar-refractivity contribution in [2.45, 2.75) is 12.2 Å². The number of rotatable bonds is 6. The number of aliphatic hydroxyl groups excluding tert-OH is 2. The van der Waals surface area contributed by atoms with Crippen LogP contribution in [0.5, 0.6) is 0 Å². The molecule has 21 heavy (non-hydrogen) atoms. The summed E-state index contributed by atoms with van der Waals surface area (Å²) in [5.41, 5.74) is 14.3. The van der Waals surface area contributed by atoms with Gasteiger partial charge in [0.2, 0.25) is 0 Å². The molecule has 2 rings (SSSR count). The number of para-hydroxylation sites is 2. The minimum Gasteiger partial charge on any atom is -0.398 e. The first-order valence-electron chi connectivity index (χ1n) is 6.72. The maximum Gasteiger partial charge on any atom is 0.0900 e. The summed E-state index contributed by atoms with van der Waals surface area (Å²) >= 11 is 1.47. The van der Waals surface area contributed by atoms with Gasteiger partial charge in [-0.05, 0) is 12.1 Å². The number of hydrogen-bond donors (Lipinski definition) is 4. The van der Waals surface area contributed by atoms with Gasteiger partial charge in [-0.2, -0.15) is 11.8 Å². The summed E-state index contributed by atoms with van der Waals surface area (Å²) in [5, 5.41) is 20.3. The molecule has 5 heteroatoms. The van der Waals surface area contributed by atoms with Crippen LogP contribution in [-0.4, -0.2) is 21.7 Å². The van der Waals surface area contributed by atoms with E-state index >= 15 is 0 Å². The Labute approximate surface area is 128 Å². The predicted molar refractivity (Wildman–Crippen MR) is 89.0 cm³/mol. The Morgan fingerprint density at radius 1 is 0.762 bits per heavy atom. The molecule has 2 atom stereocenters. The Kier molecular flexibility index (Phi) is 5.50. The number of benzene rings is 2. The topological polar surface area (TPSA) is 92.5 Å². The number of hydrogen-bond acceptors (Lipinski definition) is 5. The molecule has 2 unspecified atom stereocenters. The lowest BCUT2D eigenvalue weighted by Crippen LogP contribution is -2.08. The molecule has 0 aliphatic heterocycles. The molecular weight excluding hydrogens is 284 g/mol. The van der Waals surface area contributed by atoms with E-state index in [0.717, 1.165) is 11.1 Å². The zero-order valence-corrected chi connectivity index (χ0v) is 12.5. The van der Waals surface area contributed by atoms with Crippen LogP contribution in [0, 0.1) is 0 Å². The lowest BCUT2D eigenvalue weighted by atomic mass is 10.1. The molecule has 2 aromatic rings. The molecule has 0 spiro atoms. The van der Waals surface area contributed by atoms with Gasteiger partial charge < -0.3 is 21.7 Å². The van der Waals surface area contributed by atoms with Gasteiger partial charge in [-0.1, -0.05) is 36.4 Å². The molecule has 2 aromatic carbocycles. The lowest BCUT2D eigenvalue weighted by Gasteiger charge is -2.16. The summed E-state index contributed by atoms with van der Waals surface area (Å²) < 4.78 is 0. The molecule has 0 saturated heterocycles. The molecule has 0 saturated carbocycles. The summed E-state index contributed by atoms with van der Waals surface area (Å²) in [7, 11) is 0. The van der Waals surface area contributed by atoms with Crippen molar-refractivity contribution in [1.29, 1.82) is 0 Å². The van der Waals surface area contributed by atoms with E-state index in [4.69, 9.17) is 11.5 Å². The van der Waals surface area contributed by atoms with E-state index in [2.05, 4.69) is 0 Å². The maximum atomic E-state index is 10.1. The number of nitrogens with two attached hydrogens (primary N) is 2. The van der Waals surface area contributed by atoms with Gasteiger partial charge in [-0.15, -0.1) is 0 Å². The third-order valence-corrected chi connectivity index (χ3v) is 4.36. The molecule has 0 fully saturated rings. The monoisotopic (exact) mass is 304 g/mol. The molecule has 0 aromatic heterocycles. The van der Waals surface area contributed by atoms with Crippen LogP contribution in [0.25, 0.3) is 0 Å². The minimum atomic E-state index is -0.642. The summed E-state index contributed by atoms with van der Waals surface area (Å²) in [4.78, 5) is 0. The predicted octanol–water partition coefficient (Wildman–Crippen LogP) is 2.35. The van der Waals surface area contributed by atoms with E-state index in [1.165, 1.54) is 11.8 Å². The van der Waals surface area contributed by atoms with Crippen LogP contribution in [-0.2, 0) is 0 Å². The van der Waals surface area contributed by atoms with Gasteiger partial charge in [-0.25, -0.2) is 0 Å². The fraction of sp³-hybridized carbons (Fsp3) is 0.250. The smallest absolute Gasteiger partial charge is 0.0900 e. The summed E-state index contributed by atoms with van der Waals surface area (Å²) in [5.74, 6) is 0.940. The van der Waals surface area contributed by atoms with Gasteiger partial charge in [0.15, 0.2) is 0 Å². The van der Waals surface area contributed by atoms with Crippen LogP contribution in [0.1, 0.15) is 23.3 Å². The molecule has 112 valence electrons. The van der Waals surface area contributed by atoms with Crippen LogP contribution >= 0.6 is 11.8 Å². The van der Waals surface area contributed by atoms with Crippen molar-refractivity contribution < 1.29 is 10.2 Å². The van der Waals surface area contributed by atoms with E-state index in [1.54, 1.807) is 12.1 Å². The van der Waals surface area contributed by atoms with Crippen molar-refractivity contribution >= 4 is 23.1 Å². The second-order valence-electron chi connectivity index (χ2n) is 4.83. The molecule has 4 nitrogen and oxygen atoms in total. The van der Waals surface area contributed by atoms with Crippen molar-refractivity contribution in [3.05, 3.63) is 59.7 Å². The van der Waals surface area contributed by atoms with Gasteiger partial charge >= 0.3 is 0 Å². The molecule has 0 aliphatic carbocycles. The molecule has 6 N–H and O–H groups in total.